The number of hydrogen-bond acceptors (Lipinski definition) is 4. The van der Waals surface area contributed by atoms with Gasteiger partial charge in [0.05, 0.1) is 25.4 Å². The number of benzene rings is 2. The number of carbonyl (C=O) groups excluding carboxylic acids is 1. The van der Waals surface area contributed by atoms with Crippen LogP contribution in [0.4, 0.5) is 11.5 Å². The maximum absolute atomic E-state index is 12.2. The van der Waals surface area contributed by atoms with E-state index in [1.807, 2.05) is 67.6 Å². The van der Waals surface area contributed by atoms with E-state index in [1.165, 1.54) is 0 Å². The van der Waals surface area contributed by atoms with Crippen molar-refractivity contribution in [2.75, 3.05) is 17.7 Å². The molecule has 3 rings (SSSR count). The van der Waals surface area contributed by atoms with Gasteiger partial charge in [-0.15, -0.1) is 0 Å². The molecular formula is C22H23N3O2. The van der Waals surface area contributed by atoms with Gasteiger partial charge in [-0.05, 0) is 47.9 Å². The second kappa shape index (κ2) is 8.85. The molecule has 0 spiro atoms. The van der Waals surface area contributed by atoms with Crippen molar-refractivity contribution in [3.05, 3.63) is 83.6 Å². The Labute approximate surface area is 159 Å². The molecule has 0 saturated heterocycles. The van der Waals surface area contributed by atoms with Crippen LogP contribution in [0.25, 0.3) is 0 Å². The second-order valence-corrected chi connectivity index (χ2v) is 6.29. The molecule has 0 atom stereocenters. The smallest absolute Gasteiger partial charge is 0.228 e. The Bertz CT molecular complexity index is 890. The van der Waals surface area contributed by atoms with Gasteiger partial charge in [-0.3, -0.25) is 4.79 Å². The summed E-state index contributed by atoms with van der Waals surface area (Å²) in [6.07, 6.45) is 2.01. The first-order valence-corrected chi connectivity index (χ1v) is 8.81. The average molecular weight is 361 g/mol. The van der Waals surface area contributed by atoms with Crippen molar-refractivity contribution < 1.29 is 9.53 Å². The van der Waals surface area contributed by atoms with Crippen molar-refractivity contribution in [3.8, 4) is 5.75 Å². The molecule has 0 aliphatic rings. The molecule has 0 bridgehead atoms. The molecular weight excluding hydrogens is 338 g/mol. The largest absolute Gasteiger partial charge is 0.497 e. The van der Waals surface area contributed by atoms with E-state index >= 15 is 0 Å². The highest BCUT2D eigenvalue weighted by Crippen LogP contribution is 2.15. The Morgan fingerprint density at radius 3 is 2.48 bits per heavy atom. The van der Waals surface area contributed by atoms with Crippen molar-refractivity contribution in [2.24, 2.45) is 0 Å². The van der Waals surface area contributed by atoms with E-state index < -0.39 is 0 Å². The highest BCUT2D eigenvalue weighted by Gasteiger charge is 2.06. The van der Waals surface area contributed by atoms with Crippen molar-refractivity contribution in [2.45, 2.75) is 19.9 Å². The van der Waals surface area contributed by atoms with Crippen LogP contribution in [0.1, 0.15) is 16.7 Å². The highest BCUT2D eigenvalue weighted by atomic mass is 16.5. The van der Waals surface area contributed by atoms with Crippen LogP contribution >= 0.6 is 0 Å². The predicted molar refractivity (Wildman–Crippen MR) is 108 cm³/mol. The molecule has 1 aromatic heterocycles. The number of anilines is 2. The summed E-state index contributed by atoms with van der Waals surface area (Å²) in [7, 11) is 1.65. The topological polar surface area (TPSA) is 63.2 Å². The summed E-state index contributed by atoms with van der Waals surface area (Å²) in [6.45, 7) is 2.67. The third-order valence-corrected chi connectivity index (χ3v) is 4.29. The van der Waals surface area contributed by atoms with E-state index in [0.29, 0.717) is 18.7 Å². The van der Waals surface area contributed by atoms with Gasteiger partial charge in [0, 0.05) is 6.54 Å². The molecule has 3 aromatic rings. The van der Waals surface area contributed by atoms with Crippen LogP contribution in [0, 0.1) is 6.92 Å². The van der Waals surface area contributed by atoms with Gasteiger partial charge in [-0.1, -0.05) is 36.4 Å². The number of aryl methyl sites for hydroxylation is 1. The minimum absolute atomic E-state index is 0.0509. The fraction of sp³-hybridized carbons (Fsp3) is 0.182. The Balaban J connectivity index is 1.52. The maximum atomic E-state index is 12.2. The predicted octanol–water partition coefficient (Wildman–Crippen LogP) is 4.19. The Kier molecular flexibility index (Phi) is 6.05. The minimum atomic E-state index is -0.0509. The van der Waals surface area contributed by atoms with Crippen LogP contribution in [0.5, 0.6) is 5.75 Å². The van der Waals surface area contributed by atoms with Crippen LogP contribution < -0.4 is 15.4 Å². The molecule has 2 N–H and O–H groups in total. The van der Waals surface area contributed by atoms with Gasteiger partial charge in [-0.2, -0.15) is 0 Å². The average Bonchev–Trinajstić information content (AvgIpc) is 2.69. The van der Waals surface area contributed by atoms with E-state index in [9.17, 15) is 4.79 Å². The number of ether oxygens (including phenoxy) is 1. The molecule has 0 aliphatic carbocycles. The summed E-state index contributed by atoms with van der Waals surface area (Å²) in [4.78, 5) is 16.6. The Morgan fingerprint density at radius 2 is 1.81 bits per heavy atom. The van der Waals surface area contributed by atoms with Gasteiger partial charge in [0.15, 0.2) is 0 Å². The van der Waals surface area contributed by atoms with Gasteiger partial charge >= 0.3 is 0 Å². The third kappa shape index (κ3) is 5.31. The summed E-state index contributed by atoms with van der Waals surface area (Å²) in [5.41, 5.74) is 3.96. The van der Waals surface area contributed by atoms with Gasteiger partial charge < -0.3 is 15.4 Å². The quantitative estimate of drug-likeness (QED) is 0.662. The first kappa shape index (κ1) is 18.5. The summed E-state index contributed by atoms with van der Waals surface area (Å²) < 4.78 is 5.15. The molecule has 0 saturated carbocycles. The van der Waals surface area contributed by atoms with Gasteiger partial charge in [0.2, 0.25) is 5.91 Å². The molecule has 27 heavy (non-hydrogen) atoms. The summed E-state index contributed by atoms with van der Waals surface area (Å²) in [6, 6.07) is 19.5. The van der Waals surface area contributed by atoms with Crippen LogP contribution in [-0.4, -0.2) is 18.0 Å². The van der Waals surface area contributed by atoms with Crippen LogP contribution in [-0.2, 0) is 17.8 Å². The van der Waals surface area contributed by atoms with E-state index in [2.05, 4.69) is 15.6 Å². The van der Waals surface area contributed by atoms with E-state index in [-0.39, 0.29) is 5.91 Å². The minimum Gasteiger partial charge on any atom is -0.497 e. The Hall–Kier alpha value is -3.34. The zero-order chi connectivity index (χ0) is 19.1. The standard InChI is InChI=1S/C22H23N3O2/c1-16-5-3-4-6-18(16)13-22(26)25-19-9-12-21(24-15-19)23-14-17-7-10-20(27-2)11-8-17/h3-12,15H,13-14H2,1-2H3,(H,23,24)(H,25,26). The van der Waals surface area contributed by atoms with Crippen molar-refractivity contribution >= 4 is 17.4 Å². The fourth-order valence-corrected chi connectivity index (χ4v) is 2.69. The van der Waals surface area contributed by atoms with Gasteiger partial charge in [-0.25, -0.2) is 4.98 Å². The first-order valence-electron chi connectivity index (χ1n) is 8.81. The molecule has 2 aromatic carbocycles. The molecule has 1 amide bonds. The van der Waals surface area contributed by atoms with E-state index in [4.69, 9.17) is 4.74 Å². The van der Waals surface area contributed by atoms with Gasteiger partial charge in [0.1, 0.15) is 11.6 Å². The molecule has 0 radical (unpaired) electrons. The third-order valence-electron chi connectivity index (χ3n) is 4.29. The summed E-state index contributed by atoms with van der Waals surface area (Å²) in [5, 5.41) is 6.15. The summed E-state index contributed by atoms with van der Waals surface area (Å²) in [5.74, 6) is 1.54. The molecule has 1 heterocycles. The number of nitrogens with zero attached hydrogens (tertiary/aromatic N) is 1. The van der Waals surface area contributed by atoms with Crippen molar-refractivity contribution in [3.63, 3.8) is 0 Å². The number of carbonyl (C=O) groups is 1. The molecule has 0 fully saturated rings. The number of hydrogen-bond donors (Lipinski definition) is 2. The lowest BCUT2D eigenvalue weighted by Gasteiger charge is -2.09. The number of methoxy groups -OCH3 is 1. The number of rotatable bonds is 7. The lowest BCUT2D eigenvalue weighted by molar-refractivity contribution is -0.115. The number of aromatic nitrogens is 1. The molecule has 0 aliphatic heterocycles. The summed E-state index contributed by atoms with van der Waals surface area (Å²) >= 11 is 0. The van der Waals surface area contributed by atoms with Crippen LogP contribution in [0.15, 0.2) is 66.9 Å². The van der Waals surface area contributed by atoms with Crippen LogP contribution in [0.3, 0.4) is 0 Å². The van der Waals surface area contributed by atoms with Crippen molar-refractivity contribution in [1.29, 1.82) is 0 Å². The lowest BCUT2D eigenvalue weighted by Crippen LogP contribution is -2.15. The Morgan fingerprint density at radius 1 is 1.04 bits per heavy atom. The zero-order valence-electron chi connectivity index (χ0n) is 15.5. The van der Waals surface area contributed by atoms with E-state index in [1.54, 1.807) is 13.3 Å². The second-order valence-electron chi connectivity index (χ2n) is 6.29. The number of nitrogens with one attached hydrogen (secondary N) is 2. The fourth-order valence-electron chi connectivity index (χ4n) is 2.69. The molecule has 5 nitrogen and oxygen atoms in total. The highest BCUT2D eigenvalue weighted by molar-refractivity contribution is 5.92. The molecule has 5 heteroatoms. The number of amides is 1. The molecule has 138 valence electrons. The van der Waals surface area contributed by atoms with Crippen molar-refractivity contribution in [1.82, 2.24) is 4.98 Å². The van der Waals surface area contributed by atoms with Gasteiger partial charge in [0.25, 0.3) is 0 Å². The van der Waals surface area contributed by atoms with E-state index in [0.717, 1.165) is 28.3 Å². The van der Waals surface area contributed by atoms with Crippen LogP contribution in [0.2, 0.25) is 0 Å². The maximum Gasteiger partial charge on any atom is 0.228 e. The SMILES string of the molecule is COc1ccc(CNc2ccc(NC(=O)Cc3ccccc3C)cn2)cc1. The normalized spacial score (nSPS) is 10.3. The molecule has 0 unspecified atom stereocenters. The number of pyridine rings is 1. The zero-order valence-corrected chi connectivity index (χ0v) is 15.5. The monoisotopic (exact) mass is 361 g/mol. The first-order chi connectivity index (χ1) is 13.1. The lowest BCUT2D eigenvalue weighted by atomic mass is 10.1.